The van der Waals surface area contributed by atoms with Crippen molar-refractivity contribution >= 4 is 23.8 Å². The van der Waals surface area contributed by atoms with Gasteiger partial charge in [0.2, 0.25) is 0 Å². The van der Waals surface area contributed by atoms with Gasteiger partial charge in [-0.2, -0.15) is 0 Å². The molecule has 0 unspecified atom stereocenters. The zero-order chi connectivity index (χ0) is 23.3. The largest absolute Gasteiger partial charge is 0.448 e. The number of ether oxygens (including phenoxy) is 2. The predicted octanol–water partition coefficient (Wildman–Crippen LogP) is 1.85. The lowest BCUT2D eigenvalue weighted by molar-refractivity contribution is -0.169. The second kappa shape index (κ2) is 6.01. The van der Waals surface area contributed by atoms with Crippen LogP contribution in [0.3, 0.4) is 0 Å². The molecule has 0 radical (unpaired) electrons. The zero-order valence-corrected chi connectivity index (χ0v) is 19.6. The Morgan fingerprint density at radius 1 is 0.806 bits per heavy atom. The van der Waals surface area contributed by atoms with E-state index in [4.69, 9.17) is 9.47 Å². The molecule has 8 nitrogen and oxygen atoms in total. The van der Waals surface area contributed by atoms with Crippen molar-refractivity contribution in [2.24, 2.45) is 21.7 Å². The fourth-order valence-corrected chi connectivity index (χ4v) is 6.27. The number of hydrogen-bond acceptors (Lipinski definition) is 6. The monoisotopic (exact) mass is 434 g/mol. The third-order valence-electron chi connectivity index (χ3n) is 9.85. The summed E-state index contributed by atoms with van der Waals surface area (Å²) in [5.74, 6) is -1.30. The van der Waals surface area contributed by atoms with Crippen LogP contribution in [0.4, 0.5) is 0 Å². The molecule has 172 valence electrons. The van der Waals surface area contributed by atoms with E-state index >= 15 is 0 Å². The molecular formula is C23H34N2O6. The number of amides is 2. The van der Waals surface area contributed by atoms with Gasteiger partial charge in [-0.25, -0.2) is 0 Å². The van der Waals surface area contributed by atoms with Crippen LogP contribution in [-0.4, -0.2) is 47.5 Å². The van der Waals surface area contributed by atoms with Crippen LogP contribution >= 0.6 is 0 Å². The zero-order valence-electron chi connectivity index (χ0n) is 19.6. The van der Waals surface area contributed by atoms with E-state index in [0.29, 0.717) is 25.7 Å². The molecule has 0 spiro atoms. The molecule has 4 fully saturated rings. The van der Waals surface area contributed by atoms with Gasteiger partial charge in [-0.1, -0.05) is 27.7 Å². The first-order valence-electron chi connectivity index (χ1n) is 11.2. The highest BCUT2D eigenvalue weighted by Crippen LogP contribution is 2.66. The Morgan fingerprint density at radius 2 is 1.23 bits per heavy atom. The van der Waals surface area contributed by atoms with Crippen molar-refractivity contribution in [1.29, 1.82) is 0 Å². The lowest BCUT2D eigenvalue weighted by Crippen LogP contribution is -2.58. The molecule has 2 heterocycles. The lowest BCUT2D eigenvalue weighted by Gasteiger charge is -2.37. The molecule has 4 bridgehead atoms. The Hall–Kier alpha value is -2.12. The Labute approximate surface area is 183 Å². The standard InChI is InChI=1S/C23H34N2O6/c1-13(25-15(27)23-11-9-21(7,17(29)31-23)19(23,4)5)12-24-14(26)22-10-8-20(6,16(28)30-22)18(22,2)3/h13H,8-12H2,1-7H3,(H,24,26)(H,25,27)/t13-,20-,21+,22+,23-/m1/s1. The molecule has 31 heavy (non-hydrogen) atoms. The van der Waals surface area contributed by atoms with Gasteiger partial charge >= 0.3 is 11.9 Å². The molecule has 0 aromatic rings. The summed E-state index contributed by atoms with van der Waals surface area (Å²) in [5.41, 5.74) is -4.96. The quantitative estimate of drug-likeness (QED) is 0.639. The van der Waals surface area contributed by atoms with Crippen LogP contribution < -0.4 is 10.6 Å². The molecule has 0 aromatic carbocycles. The van der Waals surface area contributed by atoms with Crippen LogP contribution in [-0.2, 0) is 28.7 Å². The highest BCUT2D eigenvalue weighted by Gasteiger charge is 2.76. The molecule has 0 aromatic heterocycles. The van der Waals surface area contributed by atoms with E-state index in [2.05, 4.69) is 10.6 Å². The Bertz CT molecular complexity index is 896. The van der Waals surface area contributed by atoms with Crippen molar-refractivity contribution in [3.8, 4) is 0 Å². The lowest BCUT2D eigenvalue weighted by atomic mass is 9.66. The normalized spacial score (nSPS) is 42.2. The first-order valence-corrected chi connectivity index (χ1v) is 11.2. The van der Waals surface area contributed by atoms with E-state index in [0.717, 1.165) is 0 Å². The third kappa shape index (κ3) is 2.26. The highest BCUT2D eigenvalue weighted by atomic mass is 16.6. The first-order chi connectivity index (χ1) is 14.1. The minimum atomic E-state index is -1.19. The van der Waals surface area contributed by atoms with Gasteiger partial charge in [-0.05, 0) is 46.5 Å². The number of nitrogens with one attached hydrogen (secondary N) is 2. The Morgan fingerprint density at radius 3 is 1.58 bits per heavy atom. The maximum absolute atomic E-state index is 13.2. The van der Waals surface area contributed by atoms with Gasteiger partial charge in [0.1, 0.15) is 0 Å². The molecule has 4 rings (SSSR count). The van der Waals surface area contributed by atoms with E-state index in [1.54, 1.807) is 6.92 Å². The van der Waals surface area contributed by atoms with Crippen LogP contribution in [0.5, 0.6) is 0 Å². The van der Waals surface area contributed by atoms with Crippen molar-refractivity contribution in [2.75, 3.05) is 6.54 Å². The number of rotatable bonds is 5. The van der Waals surface area contributed by atoms with E-state index in [9.17, 15) is 19.2 Å². The van der Waals surface area contributed by atoms with Crippen molar-refractivity contribution in [3.05, 3.63) is 0 Å². The van der Waals surface area contributed by atoms with Crippen LogP contribution in [0.25, 0.3) is 0 Å². The molecule has 2 aliphatic carbocycles. The number of esters is 2. The maximum atomic E-state index is 13.2. The fraction of sp³-hybridized carbons (Fsp3) is 0.826. The fourth-order valence-electron chi connectivity index (χ4n) is 6.27. The van der Waals surface area contributed by atoms with E-state index in [1.165, 1.54) is 0 Å². The minimum Gasteiger partial charge on any atom is -0.448 e. The molecule has 4 aliphatic rings. The number of carbonyl (C=O) groups is 4. The van der Waals surface area contributed by atoms with Crippen LogP contribution in [0.15, 0.2) is 0 Å². The summed E-state index contributed by atoms with van der Waals surface area (Å²) in [5, 5.41) is 5.79. The molecule has 2 N–H and O–H groups in total. The Kier molecular flexibility index (Phi) is 4.28. The van der Waals surface area contributed by atoms with Crippen molar-refractivity contribution in [3.63, 3.8) is 0 Å². The SMILES string of the molecule is C[C@H](CNC(=O)[C@]12CC[C@](C)(C(=O)O1)C2(C)C)NC(=O)[C@@]12CC[C@@](C)(C(=O)O1)C2(C)C. The number of hydrogen-bond donors (Lipinski definition) is 2. The van der Waals surface area contributed by atoms with E-state index < -0.39 is 38.9 Å². The number of fused-ring (bicyclic) bond motifs is 4. The minimum absolute atomic E-state index is 0.179. The summed E-state index contributed by atoms with van der Waals surface area (Å²) in [7, 11) is 0. The molecule has 2 saturated carbocycles. The summed E-state index contributed by atoms with van der Waals surface area (Å²) in [6.45, 7) is 13.3. The van der Waals surface area contributed by atoms with Crippen LogP contribution in [0.1, 0.15) is 74.1 Å². The van der Waals surface area contributed by atoms with Gasteiger partial charge < -0.3 is 20.1 Å². The molecule has 5 atom stereocenters. The van der Waals surface area contributed by atoms with Crippen LogP contribution in [0, 0.1) is 21.7 Å². The molecular weight excluding hydrogens is 400 g/mol. The molecule has 2 saturated heterocycles. The van der Waals surface area contributed by atoms with Crippen LogP contribution in [0.2, 0.25) is 0 Å². The first kappa shape index (κ1) is 22.1. The van der Waals surface area contributed by atoms with Crippen molar-refractivity contribution in [1.82, 2.24) is 10.6 Å². The smallest absolute Gasteiger partial charge is 0.313 e. The van der Waals surface area contributed by atoms with Crippen molar-refractivity contribution < 1.29 is 28.7 Å². The van der Waals surface area contributed by atoms with Gasteiger partial charge in [0.05, 0.1) is 10.8 Å². The third-order valence-corrected chi connectivity index (χ3v) is 9.85. The predicted molar refractivity (Wildman–Crippen MR) is 111 cm³/mol. The van der Waals surface area contributed by atoms with Gasteiger partial charge in [-0.15, -0.1) is 0 Å². The maximum Gasteiger partial charge on any atom is 0.313 e. The van der Waals surface area contributed by atoms with Gasteiger partial charge in [0.25, 0.3) is 11.8 Å². The van der Waals surface area contributed by atoms with Gasteiger partial charge in [0, 0.05) is 23.4 Å². The number of carbonyl (C=O) groups excluding carboxylic acids is 4. The topological polar surface area (TPSA) is 111 Å². The van der Waals surface area contributed by atoms with E-state index in [-0.39, 0.29) is 30.3 Å². The summed E-state index contributed by atoms with van der Waals surface area (Å²) < 4.78 is 11.2. The highest BCUT2D eigenvalue weighted by molar-refractivity contribution is 5.97. The second-order valence-electron chi connectivity index (χ2n) is 11.4. The Balaban J connectivity index is 1.41. The summed E-state index contributed by atoms with van der Waals surface area (Å²) >= 11 is 0. The van der Waals surface area contributed by atoms with Crippen molar-refractivity contribution in [2.45, 2.75) is 91.4 Å². The summed E-state index contributed by atoms with van der Waals surface area (Å²) in [4.78, 5) is 51.1. The molecule has 8 heteroatoms. The van der Waals surface area contributed by atoms with Gasteiger partial charge in [-0.3, -0.25) is 19.2 Å². The van der Waals surface area contributed by atoms with Gasteiger partial charge in [0.15, 0.2) is 11.2 Å². The summed E-state index contributed by atoms with van der Waals surface area (Å²) in [6.07, 6.45) is 2.19. The van der Waals surface area contributed by atoms with E-state index in [1.807, 2.05) is 41.5 Å². The second-order valence-corrected chi connectivity index (χ2v) is 11.4. The summed E-state index contributed by atoms with van der Waals surface area (Å²) in [6, 6.07) is -0.391. The molecule has 2 amide bonds. The average molecular weight is 435 g/mol. The average Bonchev–Trinajstić information content (AvgIpc) is 3.14. The molecule has 2 aliphatic heterocycles.